The van der Waals surface area contributed by atoms with Crippen molar-refractivity contribution in [3.63, 3.8) is 0 Å². The number of hydrogen-bond acceptors (Lipinski definition) is 4. The van der Waals surface area contributed by atoms with E-state index >= 15 is 0 Å². The highest BCUT2D eigenvalue weighted by atomic mass is 16.7. The van der Waals surface area contributed by atoms with Crippen molar-refractivity contribution in [2.75, 3.05) is 13.7 Å². The maximum Gasteiger partial charge on any atom is 0.315 e. The van der Waals surface area contributed by atoms with Gasteiger partial charge in [0.25, 0.3) is 0 Å². The lowest BCUT2D eigenvalue weighted by atomic mass is 9.98. The van der Waals surface area contributed by atoms with Gasteiger partial charge in [-0.1, -0.05) is 12.1 Å². The first-order valence-corrected chi connectivity index (χ1v) is 6.71. The van der Waals surface area contributed by atoms with Crippen LogP contribution in [0.4, 0.5) is 0 Å². The summed E-state index contributed by atoms with van der Waals surface area (Å²) in [6.07, 6.45) is 0.0381. The summed E-state index contributed by atoms with van der Waals surface area (Å²) in [5.41, 5.74) is 1.72. The number of para-hydroxylation sites is 1. The summed E-state index contributed by atoms with van der Waals surface area (Å²) in [5, 5.41) is 0.959. The van der Waals surface area contributed by atoms with E-state index in [-0.39, 0.29) is 11.9 Å². The van der Waals surface area contributed by atoms with Gasteiger partial charge in [-0.25, -0.2) is 0 Å². The van der Waals surface area contributed by atoms with Crippen molar-refractivity contribution in [1.29, 1.82) is 0 Å². The highest BCUT2D eigenvalue weighted by Crippen LogP contribution is 2.42. The predicted molar refractivity (Wildman–Crippen MR) is 73.7 cm³/mol. The van der Waals surface area contributed by atoms with Gasteiger partial charge >= 0.3 is 5.97 Å². The molecule has 0 amide bonds. The number of benzene rings is 1. The van der Waals surface area contributed by atoms with E-state index in [1.54, 1.807) is 0 Å². The van der Waals surface area contributed by atoms with Crippen LogP contribution >= 0.6 is 0 Å². The van der Waals surface area contributed by atoms with Gasteiger partial charge in [0.05, 0.1) is 12.8 Å². The molecule has 1 aliphatic heterocycles. The first-order valence-electron chi connectivity index (χ1n) is 6.71. The lowest BCUT2D eigenvalue weighted by Gasteiger charge is -2.28. The molecule has 2 unspecified atom stereocenters. The Morgan fingerprint density at radius 1 is 1.45 bits per heavy atom. The highest BCUT2D eigenvalue weighted by Gasteiger charge is 2.36. The van der Waals surface area contributed by atoms with Gasteiger partial charge in [-0.2, -0.15) is 0 Å². The molecule has 1 aromatic carbocycles. The number of ether oxygens (including phenoxy) is 3. The number of H-pyrrole nitrogens is 1. The van der Waals surface area contributed by atoms with Crippen LogP contribution in [-0.2, 0) is 14.3 Å². The zero-order valence-corrected chi connectivity index (χ0v) is 11.5. The summed E-state index contributed by atoms with van der Waals surface area (Å²) in [6, 6.07) is 7.81. The number of carbonyl (C=O) groups excluding carboxylic acids is 1. The zero-order chi connectivity index (χ0) is 14.1. The van der Waals surface area contributed by atoms with Crippen LogP contribution in [0, 0.1) is 0 Å². The molecule has 106 valence electrons. The summed E-state index contributed by atoms with van der Waals surface area (Å²) in [4.78, 5) is 15.3. The first-order chi connectivity index (χ1) is 9.74. The van der Waals surface area contributed by atoms with Crippen LogP contribution in [-0.4, -0.2) is 31.0 Å². The van der Waals surface area contributed by atoms with Crippen molar-refractivity contribution >= 4 is 16.9 Å². The molecule has 2 atom stereocenters. The molecule has 3 rings (SSSR count). The minimum atomic E-state index is -0.421. The second kappa shape index (κ2) is 5.17. The molecule has 20 heavy (non-hydrogen) atoms. The maximum absolute atomic E-state index is 12.0. The third kappa shape index (κ3) is 2.04. The van der Waals surface area contributed by atoms with Gasteiger partial charge in [-0.15, -0.1) is 0 Å². The number of esters is 1. The van der Waals surface area contributed by atoms with Crippen LogP contribution in [0.5, 0.6) is 5.75 Å². The Kier molecular flexibility index (Phi) is 3.36. The molecule has 0 fully saturated rings. The number of aromatic nitrogens is 1. The van der Waals surface area contributed by atoms with Crippen LogP contribution in [0.15, 0.2) is 24.3 Å². The molecule has 1 aliphatic rings. The van der Waals surface area contributed by atoms with Crippen molar-refractivity contribution in [1.82, 2.24) is 4.98 Å². The maximum atomic E-state index is 12.0. The number of methoxy groups -OCH3 is 1. The Morgan fingerprint density at radius 2 is 2.25 bits per heavy atom. The van der Waals surface area contributed by atoms with Gasteiger partial charge in [0.15, 0.2) is 5.75 Å². The number of nitrogens with one attached hydrogen (secondary N) is 1. The molecule has 1 N–H and O–H groups in total. The van der Waals surface area contributed by atoms with Crippen LogP contribution in [0.2, 0.25) is 0 Å². The number of carbonyl (C=O) groups is 1. The molecule has 5 heteroatoms. The third-order valence-corrected chi connectivity index (χ3v) is 3.55. The van der Waals surface area contributed by atoms with Crippen molar-refractivity contribution in [3.8, 4) is 5.75 Å². The quantitative estimate of drug-likeness (QED) is 0.875. The average molecular weight is 275 g/mol. The predicted octanol–water partition coefficient (Wildman–Crippen LogP) is 2.57. The topological polar surface area (TPSA) is 60.5 Å². The third-order valence-electron chi connectivity index (χ3n) is 3.55. The van der Waals surface area contributed by atoms with Gasteiger partial charge in [0, 0.05) is 23.9 Å². The Hall–Kier alpha value is -2.01. The molecule has 0 radical (unpaired) electrons. The molecule has 1 aromatic heterocycles. The van der Waals surface area contributed by atoms with E-state index < -0.39 is 6.29 Å². The van der Waals surface area contributed by atoms with E-state index in [0.29, 0.717) is 18.8 Å². The number of fused-ring (bicyclic) bond motifs is 3. The Bertz CT molecular complexity index is 634. The van der Waals surface area contributed by atoms with Gasteiger partial charge in [-0.3, -0.25) is 4.79 Å². The normalized spacial score (nSPS) is 21.3. The monoisotopic (exact) mass is 275 g/mol. The number of hydrogen-bond donors (Lipinski definition) is 1. The molecule has 2 heterocycles. The second-order valence-electron chi connectivity index (χ2n) is 4.73. The van der Waals surface area contributed by atoms with Crippen molar-refractivity contribution in [3.05, 3.63) is 30.0 Å². The van der Waals surface area contributed by atoms with Crippen LogP contribution in [0.25, 0.3) is 10.9 Å². The molecule has 0 saturated carbocycles. The molecular formula is C15H17NO4. The molecular weight excluding hydrogens is 258 g/mol. The van der Waals surface area contributed by atoms with E-state index in [1.807, 2.05) is 31.2 Å². The van der Waals surface area contributed by atoms with Crippen molar-refractivity contribution in [2.45, 2.75) is 25.6 Å². The van der Waals surface area contributed by atoms with Gasteiger partial charge < -0.3 is 19.2 Å². The van der Waals surface area contributed by atoms with Gasteiger partial charge in [0.2, 0.25) is 6.29 Å². The summed E-state index contributed by atoms with van der Waals surface area (Å²) in [5.74, 6) is 0.0409. The fourth-order valence-electron chi connectivity index (χ4n) is 2.64. The second-order valence-corrected chi connectivity index (χ2v) is 4.73. The number of rotatable bonds is 3. The minimum absolute atomic E-state index is 0.272. The van der Waals surface area contributed by atoms with Crippen LogP contribution < -0.4 is 4.74 Å². The first kappa shape index (κ1) is 13.0. The minimum Gasteiger partial charge on any atom is -0.469 e. The number of aromatic amines is 1. The molecule has 0 bridgehead atoms. The van der Waals surface area contributed by atoms with E-state index in [0.717, 1.165) is 16.6 Å². The van der Waals surface area contributed by atoms with E-state index in [1.165, 1.54) is 7.11 Å². The van der Waals surface area contributed by atoms with Crippen molar-refractivity contribution < 1.29 is 19.0 Å². The van der Waals surface area contributed by atoms with Gasteiger partial charge in [-0.05, 0) is 19.1 Å². The average Bonchev–Trinajstić information content (AvgIpc) is 2.85. The Morgan fingerprint density at radius 3 is 3.00 bits per heavy atom. The smallest absolute Gasteiger partial charge is 0.315 e. The Balaban J connectivity index is 2.09. The van der Waals surface area contributed by atoms with Gasteiger partial charge in [0.1, 0.15) is 5.92 Å². The van der Waals surface area contributed by atoms with Crippen LogP contribution in [0.3, 0.4) is 0 Å². The lowest BCUT2D eigenvalue weighted by molar-refractivity contribution is -0.148. The molecule has 5 nitrogen and oxygen atoms in total. The lowest BCUT2D eigenvalue weighted by Crippen LogP contribution is -2.31. The van der Waals surface area contributed by atoms with Crippen LogP contribution in [0.1, 0.15) is 25.0 Å². The fourth-order valence-corrected chi connectivity index (χ4v) is 2.64. The largest absolute Gasteiger partial charge is 0.469 e. The van der Waals surface area contributed by atoms with E-state index in [2.05, 4.69) is 4.98 Å². The summed E-state index contributed by atoms with van der Waals surface area (Å²) >= 11 is 0. The molecule has 2 aromatic rings. The Labute approximate surface area is 116 Å². The highest BCUT2D eigenvalue weighted by molar-refractivity contribution is 5.91. The summed E-state index contributed by atoms with van der Waals surface area (Å²) in [6.45, 7) is 2.44. The zero-order valence-electron chi connectivity index (χ0n) is 11.5. The fraction of sp³-hybridized carbons (Fsp3) is 0.400. The summed E-state index contributed by atoms with van der Waals surface area (Å²) in [7, 11) is 1.40. The molecule has 0 spiro atoms. The molecule has 0 saturated heterocycles. The molecule has 0 aliphatic carbocycles. The summed E-state index contributed by atoms with van der Waals surface area (Å²) < 4.78 is 16.3. The SMILES string of the molecule is CCOC1CC(C(=O)OC)c2[nH]c3ccccc3c2O1. The standard InChI is InChI=1S/C15H17NO4/c1-3-19-12-8-10(15(17)18-2)13-14(20-12)9-6-4-5-7-11(9)16-13/h4-7,10,12,16H,3,8H2,1-2H3. The van der Waals surface area contributed by atoms with E-state index in [4.69, 9.17) is 14.2 Å². The van der Waals surface area contributed by atoms with E-state index in [9.17, 15) is 4.79 Å². The van der Waals surface area contributed by atoms with Crippen molar-refractivity contribution in [2.24, 2.45) is 0 Å².